The topological polar surface area (TPSA) is 107 Å². The average Bonchev–Trinajstić information content (AvgIpc) is 2.26. The molecule has 0 fully saturated rings. The molecule has 1 rings (SSSR count). The summed E-state index contributed by atoms with van der Waals surface area (Å²) >= 11 is 0. The van der Waals surface area contributed by atoms with Crippen LogP contribution in [0.15, 0.2) is 23.1 Å². The minimum atomic E-state index is -3.73. The van der Waals surface area contributed by atoms with Crippen LogP contribution < -0.4 is 16.2 Å². The molecule has 0 unspecified atom stereocenters. The lowest BCUT2D eigenvalue weighted by molar-refractivity contribution is 0.0344. The molecule has 6 nitrogen and oxygen atoms in total. The number of hydrogen-bond donors (Lipinski definition) is 3. The van der Waals surface area contributed by atoms with E-state index in [1.54, 1.807) is 7.11 Å². The van der Waals surface area contributed by atoms with E-state index in [1.807, 2.05) is 13.8 Å². The van der Waals surface area contributed by atoms with Gasteiger partial charge in [-0.25, -0.2) is 13.6 Å². The van der Waals surface area contributed by atoms with E-state index in [0.717, 1.165) is 0 Å². The Labute approximate surface area is 107 Å². The Morgan fingerprint density at radius 2 is 2.00 bits per heavy atom. The van der Waals surface area contributed by atoms with Gasteiger partial charge in [0, 0.05) is 13.7 Å². The summed E-state index contributed by atoms with van der Waals surface area (Å²) < 4.78 is 27.7. The van der Waals surface area contributed by atoms with E-state index >= 15 is 0 Å². The van der Waals surface area contributed by atoms with Crippen LogP contribution in [0.5, 0.6) is 0 Å². The van der Waals surface area contributed by atoms with Crippen molar-refractivity contribution in [2.24, 2.45) is 5.14 Å². The van der Waals surface area contributed by atoms with E-state index in [9.17, 15) is 8.42 Å². The highest BCUT2D eigenvalue weighted by molar-refractivity contribution is 7.89. The van der Waals surface area contributed by atoms with Crippen molar-refractivity contribution in [3.8, 4) is 0 Å². The molecule has 0 bridgehead atoms. The van der Waals surface area contributed by atoms with Crippen LogP contribution in [0.2, 0.25) is 0 Å². The molecule has 0 heterocycles. The van der Waals surface area contributed by atoms with Gasteiger partial charge in [0.1, 0.15) is 0 Å². The van der Waals surface area contributed by atoms with Crippen molar-refractivity contribution in [3.05, 3.63) is 18.2 Å². The molecule has 0 aliphatic heterocycles. The Morgan fingerprint density at radius 3 is 2.50 bits per heavy atom. The Kier molecular flexibility index (Phi) is 4.20. The molecule has 0 saturated carbocycles. The van der Waals surface area contributed by atoms with Crippen molar-refractivity contribution in [2.75, 3.05) is 24.7 Å². The maximum atomic E-state index is 11.2. The predicted molar refractivity (Wildman–Crippen MR) is 71.8 cm³/mol. The van der Waals surface area contributed by atoms with Gasteiger partial charge >= 0.3 is 0 Å². The van der Waals surface area contributed by atoms with Crippen molar-refractivity contribution in [1.29, 1.82) is 0 Å². The Hall–Kier alpha value is -1.31. The first-order valence-electron chi connectivity index (χ1n) is 5.37. The number of methoxy groups -OCH3 is 1. The van der Waals surface area contributed by atoms with Crippen LogP contribution in [0, 0.1) is 0 Å². The van der Waals surface area contributed by atoms with Crippen molar-refractivity contribution in [2.45, 2.75) is 24.3 Å². The number of rotatable bonds is 5. The third kappa shape index (κ3) is 3.86. The number of nitrogen functional groups attached to an aromatic ring is 1. The Bertz CT molecular complexity index is 526. The zero-order valence-corrected chi connectivity index (χ0v) is 11.5. The number of hydrogen-bond acceptors (Lipinski definition) is 5. The quantitative estimate of drug-likeness (QED) is 0.686. The van der Waals surface area contributed by atoms with Gasteiger partial charge in [-0.3, -0.25) is 0 Å². The zero-order valence-electron chi connectivity index (χ0n) is 10.7. The fraction of sp³-hybridized carbons (Fsp3) is 0.455. The molecule has 0 spiro atoms. The summed E-state index contributed by atoms with van der Waals surface area (Å²) in [4.78, 5) is 0.0226. The van der Waals surface area contributed by atoms with Crippen molar-refractivity contribution in [1.82, 2.24) is 0 Å². The van der Waals surface area contributed by atoms with Gasteiger partial charge in [0.2, 0.25) is 10.0 Å². The van der Waals surface area contributed by atoms with E-state index in [4.69, 9.17) is 15.6 Å². The number of sulfonamides is 1. The molecule has 0 aromatic heterocycles. The summed E-state index contributed by atoms with van der Waals surface area (Å²) in [5, 5.41) is 8.11. The molecule has 0 amide bonds. The summed E-state index contributed by atoms with van der Waals surface area (Å²) in [5.74, 6) is 0. The summed E-state index contributed by atoms with van der Waals surface area (Å²) in [6.45, 7) is 4.29. The first-order valence-corrected chi connectivity index (χ1v) is 6.92. The van der Waals surface area contributed by atoms with Crippen molar-refractivity contribution in [3.63, 3.8) is 0 Å². The molecule has 0 aliphatic rings. The first kappa shape index (κ1) is 14.7. The number of anilines is 2. The lowest BCUT2D eigenvalue weighted by Gasteiger charge is -2.24. The molecular formula is C11H19N3O3S. The number of nitrogens with one attached hydrogen (secondary N) is 1. The Morgan fingerprint density at radius 1 is 1.39 bits per heavy atom. The SMILES string of the molecule is COC(C)(C)CNc1cc(S(N)(=O)=O)ccc1N. The summed E-state index contributed by atoms with van der Waals surface area (Å²) in [5.41, 5.74) is 6.35. The lowest BCUT2D eigenvalue weighted by atomic mass is 10.1. The summed E-state index contributed by atoms with van der Waals surface area (Å²) in [6.07, 6.45) is 0. The molecule has 1 aromatic carbocycles. The Balaban J connectivity index is 2.96. The molecule has 0 radical (unpaired) electrons. The molecule has 5 N–H and O–H groups in total. The molecule has 0 atom stereocenters. The molecule has 0 saturated heterocycles. The van der Waals surface area contributed by atoms with Crippen molar-refractivity contribution < 1.29 is 13.2 Å². The highest BCUT2D eigenvalue weighted by atomic mass is 32.2. The fourth-order valence-corrected chi connectivity index (χ4v) is 1.79. The van der Waals surface area contributed by atoms with Gasteiger partial charge in [-0.1, -0.05) is 0 Å². The van der Waals surface area contributed by atoms with Gasteiger partial charge in [0.15, 0.2) is 0 Å². The van der Waals surface area contributed by atoms with E-state index in [-0.39, 0.29) is 10.5 Å². The number of nitrogens with two attached hydrogens (primary N) is 2. The van der Waals surface area contributed by atoms with Crippen LogP contribution in [0.25, 0.3) is 0 Å². The molecule has 7 heteroatoms. The highest BCUT2D eigenvalue weighted by Gasteiger charge is 2.17. The molecular weight excluding hydrogens is 254 g/mol. The summed E-state index contributed by atoms with van der Waals surface area (Å²) in [7, 11) is -2.13. The van der Waals surface area contributed by atoms with Crippen molar-refractivity contribution >= 4 is 21.4 Å². The van der Waals surface area contributed by atoms with Gasteiger partial charge in [0.05, 0.1) is 21.9 Å². The standard InChI is InChI=1S/C11H19N3O3S/c1-11(2,17-3)7-14-10-6-8(18(13,15)16)4-5-9(10)12/h4-6,14H,7,12H2,1-3H3,(H2,13,15,16). The molecule has 18 heavy (non-hydrogen) atoms. The van der Waals surface area contributed by atoms with Gasteiger partial charge in [-0.05, 0) is 32.0 Å². The van der Waals surface area contributed by atoms with E-state index in [2.05, 4.69) is 5.32 Å². The van der Waals surface area contributed by atoms with Crippen LogP contribution in [-0.4, -0.2) is 27.7 Å². The van der Waals surface area contributed by atoms with Crippen LogP contribution >= 0.6 is 0 Å². The maximum absolute atomic E-state index is 11.2. The van der Waals surface area contributed by atoms with Crippen LogP contribution in [-0.2, 0) is 14.8 Å². The fourth-order valence-electron chi connectivity index (χ4n) is 1.25. The van der Waals surface area contributed by atoms with Gasteiger partial charge in [0.25, 0.3) is 0 Å². The average molecular weight is 273 g/mol. The third-order valence-electron chi connectivity index (χ3n) is 2.61. The van der Waals surface area contributed by atoms with Crippen LogP contribution in [0.1, 0.15) is 13.8 Å². The number of primary sulfonamides is 1. The van der Waals surface area contributed by atoms with E-state index < -0.39 is 10.0 Å². The first-order chi connectivity index (χ1) is 8.15. The minimum absolute atomic E-state index is 0.0226. The second kappa shape index (κ2) is 5.13. The zero-order chi connectivity index (χ0) is 14.0. The lowest BCUT2D eigenvalue weighted by Crippen LogP contribution is -2.32. The number of ether oxygens (including phenoxy) is 1. The maximum Gasteiger partial charge on any atom is 0.238 e. The van der Waals surface area contributed by atoms with Gasteiger partial charge < -0.3 is 15.8 Å². The molecule has 102 valence electrons. The highest BCUT2D eigenvalue weighted by Crippen LogP contribution is 2.23. The largest absolute Gasteiger partial charge is 0.397 e. The molecule has 0 aliphatic carbocycles. The van der Waals surface area contributed by atoms with Gasteiger partial charge in [-0.2, -0.15) is 0 Å². The predicted octanol–water partition coefficient (Wildman–Crippen LogP) is 0.753. The monoisotopic (exact) mass is 273 g/mol. The number of benzene rings is 1. The second-order valence-electron chi connectivity index (χ2n) is 4.61. The molecule has 1 aromatic rings. The summed E-state index contributed by atoms with van der Waals surface area (Å²) in [6, 6.07) is 4.29. The van der Waals surface area contributed by atoms with Crippen LogP contribution in [0.3, 0.4) is 0 Å². The van der Waals surface area contributed by atoms with Crippen LogP contribution in [0.4, 0.5) is 11.4 Å². The smallest absolute Gasteiger partial charge is 0.238 e. The second-order valence-corrected chi connectivity index (χ2v) is 6.17. The normalized spacial score (nSPS) is 12.4. The van der Waals surface area contributed by atoms with E-state index in [1.165, 1.54) is 18.2 Å². The van der Waals surface area contributed by atoms with Gasteiger partial charge in [-0.15, -0.1) is 0 Å². The van der Waals surface area contributed by atoms with E-state index in [0.29, 0.717) is 17.9 Å². The third-order valence-corrected chi connectivity index (χ3v) is 3.52. The minimum Gasteiger partial charge on any atom is -0.397 e.